The van der Waals surface area contributed by atoms with Gasteiger partial charge in [-0.3, -0.25) is 14.5 Å². The van der Waals surface area contributed by atoms with Crippen molar-refractivity contribution in [3.05, 3.63) is 93.2 Å². The third-order valence-corrected chi connectivity index (χ3v) is 6.60. The highest BCUT2D eigenvalue weighted by molar-refractivity contribution is 5.97. The SMILES string of the molecule is COc1cccc(CN2CCCN3C(=O)c4c(O)c(=O)c(C(=O)O)cn4CC23)c1.NCc1ccc(F)cc1. The van der Waals surface area contributed by atoms with Crippen molar-refractivity contribution in [2.24, 2.45) is 5.73 Å². The van der Waals surface area contributed by atoms with Crippen LogP contribution in [0.25, 0.3) is 0 Å². The van der Waals surface area contributed by atoms with Crippen molar-refractivity contribution in [3.8, 4) is 11.5 Å². The minimum atomic E-state index is -1.44. The Bertz CT molecular complexity index is 1390. The van der Waals surface area contributed by atoms with Crippen LogP contribution < -0.4 is 15.9 Å². The summed E-state index contributed by atoms with van der Waals surface area (Å²) >= 11 is 0. The largest absolute Gasteiger partial charge is 0.503 e. The third-order valence-electron chi connectivity index (χ3n) is 6.60. The zero-order chi connectivity index (χ0) is 27.4. The van der Waals surface area contributed by atoms with E-state index in [2.05, 4.69) is 4.90 Å². The zero-order valence-corrected chi connectivity index (χ0v) is 20.8. The topological polar surface area (TPSA) is 138 Å². The van der Waals surface area contributed by atoms with E-state index >= 15 is 0 Å². The van der Waals surface area contributed by atoms with Crippen molar-refractivity contribution >= 4 is 11.9 Å². The number of carbonyl (C=O) groups excluding carboxylic acids is 1. The molecule has 5 rings (SSSR count). The van der Waals surface area contributed by atoms with Crippen molar-refractivity contribution < 1.29 is 28.9 Å². The number of aromatic carboxylic acids is 1. The van der Waals surface area contributed by atoms with Gasteiger partial charge in [-0.25, -0.2) is 9.18 Å². The Balaban J connectivity index is 0.000000317. The van der Waals surface area contributed by atoms with Gasteiger partial charge < -0.3 is 30.2 Å². The number of amides is 1. The van der Waals surface area contributed by atoms with Gasteiger partial charge in [0.15, 0.2) is 11.4 Å². The van der Waals surface area contributed by atoms with Crippen molar-refractivity contribution in [2.75, 3.05) is 20.2 Å². The van der Waals surface area contributed by atoms with E-state index in [0.717, 1.165) is 36.0 Å². The molecule has 0 spiro atoms. The fourth-order valence-corrected chi connectivity index (χ4v) is 4.68. The van der Waals surface area contributed by atoms with Crippen molar-refractivity contribution in [1.82, 2.24) is 14.4 Å². The molecule has 1 saturated heterocycles. The number of nitrogens with two attached hydrogens (primary N) is 1. The van der Waals surface area contributed by atoms with E-state index in [1.54, 1.807) is 24.1 Å². The molecule has 0 aliphatic carbocycles. The Kier molecular flexibility index (Phi) is 8.08. The Labute approximate surface area is 218 Å². The van der Waals surface area contributed by atoms with Crippen LogP contribution in [0.1, 0.15) is 38.4 Å². The van der Waals surface area contributed by atoms with Gasteiger partial charge in [0.1, 0.15) is 23.3 Å². The van der Waals surface area contributed by atoms with E-state index in [0.29, 0.717) is 19.6 Å². The molecule has 1 atom stereocenters. The standard InChI is InChI=1S/C20H21N3O6.C7H8FN/c1-29-13-5-2-4-12(8-13)9-21-6-3-7-23-15(21)11-22-10-14(20(27)28)17(24)18(25)16(22)19(23)26;8-7-3-1-6(5-9)2-4-7/h2,4-5,8,10,15,25H,3,6-7,9,11H2,1H3,(H,27,28);1-4H,5,9H2. The molecule has 0 bridgehead atoms. The number of rotatable bonds is 5. The molecule has 0 saturated carbocycles. The molecular formula is C27H29FN4O6. The first-order valence-corrected chi connectivity index (χ1v) is 12.1. The monoisotopic (exact) mass is 524 g/mol. The molecule has 11 heteroatoms. The summed E-state index contributed by atoms with van der Waals surface area (Å²) < 4.78 is 18.8. The number of carboxylic acids is 1. The van der Waals surface area contributed by atoms with Crippen LogP contribution in [0.3, 0.4) is 0 Å². The van der Waals surface area contributed by atoms with E-state index in [4.69, 9.17) is 10.5 Å². The maximum absolute atomic E-state index is 13.0. The lowest BCUT2D eigenvalue weighted by Gasteiger charge is -2.47. The quantitative estimate of drug-likeness (QED) is 0.462. The number of nitrogens with zero attached hydrogens (tertiary/aromatic N) is 3. The second-order valence-corrected chi connectivity index (χ2v) is 9.01. The van der Waals surface area contributed by atoms with Crippen LogP contribution in [0.15, 0.2) is 59.5 Å². The Morgan fingerprint density at radius 1 is 1.13 bits per heavy atom. The van der Waals surface area contributed by atoms with E-state index < -0.39 is 28.6 Å². The van der Waals surface area contributed by atoms with Crippen molar-refractivity contribution in [1.29, 1.82) is 0 Å². The number of methoxy groups -OCH3 is 1. The number of halogens is 1. The molecule has 1 aromatic heterocycles. The number of benzene rings is 2. The number of hydrogen-bond donors (Lipinski definition) is 3. The maximum atomic E-state index is 13.0. The first-order valence-electron chi connectivity index (χ1n) is 12.1. The molecular weight excluding hydrogens is 495 g/mol. The number of carboxylic acid groups (broad SMARTS) is 1. The fraction of sp³-hybridized carbons (Fsp3) is 0.296. The summed E-state index contributed by atoms with van der Waals surface area (Å²) in [5.41, 5.74) is 5.51. The molecule has 3 heterocycles. The first-order chi connectivity index (χ1) is 18.2. The lowest BCUT2D eigenvalue weighted by atomic mass is 10.1. The average Bonchev–Trinajstić information content (AvgIpc) is 2.92. The molecule has 1 fully saturated rings. The van der Waals surface area contributed by atoms with Crippen LogP contribution in [-0.2, 0) is 19.6 Å². The smallest absolute Gasteiger partial charge is 0.341 e. The van der Waals surface area contributed by atoms with Gasteiger partial charge in [-0.15, -0.1) is 0 Å². The highest BCUT2D eigenvalue weighted by atomic mass is 19.1. The molecule has 2 aliphatic rings. The summed E-state index contributed by atoms with van der Waals surface area (Å²) in [5, 5.41) is 19.5. The molecule has 3 aromatic rings. The summed E-state index contributed by atoms with van der Waals surface area (Å²) in [6, 6.07) is 13.8. The van der Waals surface area contributed by atoms with Crippen molar-refractivity contribution in [3.63, 3.8) is 0 Å². The van der Waals surface area contributed by atoms with Gasteiger partial charge in [0.2, 0.25) is 5.43 Å². The number of pyridine rings is 1. The Morgan fingerprint density at radius 2 is 1.87 bits per heavy atom. The van der Waals surface area contributed by atoms with Crippen LogP contribution in [-0.4, -0.2) is 62.8 Å². The minimum absolute atomic E-state index is 0.153. The number of fused-ring (bicyclic) bond motifs is 2. The molecule has 200 valence electrons. The van der Waals surface area contributed by atoms with Gasteiger partial charge in [-0.1, -0.05) is 24.3 Å². The van der Waals surface area contributed by atoms with E-state index in [9.17, 15) is 29.0 Å². The van der Waals surface area contributed by atoms with Crippen LogP contribution in [0, 0.1) is 5.82 Å². The third kappa shape index (κ3) is 5.53. The van der Waals surface area contributed by atoms with E-state index in [1.165, 1.54) is 16.7 Å². The van der Waals surface area contributed by atoms with Gasteiger partial charge in [-0.2, -0.15) is 0 Å². The normalized spacial score (nSPS) is 16.7. The predicted octanol–water partition coefficient (Wildman–Crippen LogP) is 2.23. The van der Waals surface area contributed by atoms with Crippen LogP contribution in [0.4, 0.5) is 4.39 Å². The number of carbonyl (C=O) groups is 2. The molecule has 4 N–H and O–H groups in total. The molecule has 2 aliphatic heterocycles. The number of ether oxygens (including phenoxy) is 1. The number of hydrogen-bond acceptors (Lipinski definition) is 7. The Hall–Kier alpha value is -4.22. The number of aromatic hydroxyl groups is 1. The van der Waals surface area contributed by atoms with Crippen LogP contribution in [0.2, 0.25) is 0 Å². The molecule has 10 nitrogen and oxygen atoms in total. The summed E-state index contributed by atoms with van der Waals surface area (Å²) in [4.78, 5) is 40.3. The summed E-state index contributed by atoms with van der Waals surface area (Å²) in [7, 11) is 1.60. The molecule has 38 heavy (non-hydrogen) atoms. The summed E-state index contributed by atoms with van der Waals surface area (Å²) in [6.45, 7) is 2.59. The van der Waals surface area contributed by atoms with Crippen LogP contribution >= 0.6 is 0 Å². The first kappa shape index (κ1) is 26.8. The van der Waals surface area contributed by atoms with Gasteiger partial charge in [0.05, 0.1) is 13.7 Å². The minimum Gasteiger partial charge on any atom is -0.503 e. The lowest BCUT2D eigenvalue weighted by Crippen LogP contribution is -2.60. The maximum Gasteiger partial charge on any atom is 0.341 e. The Morgan fingerprint density at radius 3 is 2.53 bits per heavy atom. The summed E-state index contributed by atoms with van der Waals surface area (Å²) in [5.74, 6) is -2.18. The van der Waals surface area contributed by atoms with Gasteiger partial charge in [0.25, 0.3) is 5.91 Å². The van der Waals surface area contributed by atoms with Crippen LogP contribution in [0.5, 0.6) is 11.5 Å². The summed E-state index contributed by atoms with van der Waals surface area (Å²) in [6.07, 6.45) is 1.59. The highest BCUT2D eigenvalue weighted by Crippen LogP contribution is 2.29. The second kappa shape index (κ2) is 11.4. The lowest BCUT2D eigenvalue weighted by molar-refractivity contribution is -0.0140. The van der Waals surface area contributed by atoms with Crippen molar-refractivity contribution in [2.45, 2.75) is 32.2 Å². The molecule has 0 radical (unpaired) electrons. The van der Waals surface area contributed by atoms with Gasteiger partial charge >= 0.3 is 5.97 Å². The zero-order valence-electron chi connectivity index (χ0n) is 20.8. The fourth-order valence-electron chi connectivity index (χ4n) is 4.68. The predicted molar refractivity (Wildman–Crippen MR) is 136 cm³/mol. The second-order valence-electron chi connectivity index (χ2n) is 9.01. The number of aromatic nitrogens is 1. The highest BCUT2D eigenvalue weighted by Gasteiger charge is 2.40. The van der Waals surface area contributed by atoms with E-state index in [1.807, 2.05) is 24.3 Å². The van der Waals surface area contributed by atoms with Gasteiger partial charge in [-0.05, 0) is 41.8 Å². The van der Waals surface area contributed by atoms with Gasteiger partial charge in [0, 0.05) is 32.4 Å². The average molecular weight is 525 g/mol. The molecule has 2 aromatic carbocycles. The van der Waals surface area contributed by atoms with E-state index in [-0.39, 0.29) is 24.2 Å². The molecule has 1 amide bonds. The molecule has 1 unspecified atom stereocenters.